The zero-order chi connectivity index (χ0) is 15.1. The van der Waals surface area contributed by atoms with E-state index >= 15 is 0 Å². The van der Waals surface area contributed by atoms with Gasteiger partial charge in [-0.3, -0.25) is 0 Å². The molecule has 0 aromatic heterocycles. The van der Waals surface area contributed by atoms with Gasteiger partial charge in [0.15, 0.2) is 0 Å². The first kappa shape index (κ1) is 16.5. The van der Waals surface area contributed by atoms with Crippen molar-refractivity contribution in [3.63, 3.8) is 0 Å². The second-order valence-electron chi connectivity index (χ2n) is 3.27. The Morgan fingerprint density at radius 1 is 0.947 bits per heavy atom. The molecule has 0 atom stereocenters. The summed E-state index contributed by atoms with van der Waals surface area (Å²) < 4.78 is 99.9. The minimum absolute atomic E-state index is 0.0579. The van der Waals surface area contributed by atoms with E-state index in [0.29, 0.717) is 12.1 Å². The van der Waals surface area contributed by atoms with E-state index in [9.17, 15) is 35.1 Å². The third kappa shape index (κ3) is 3.33. The van der Waals surface area contributed by atoms with Crippen molar-refractivity contribution in [2.24, 2.45) is 0 Å². The Balaban J connectivity index is 3.12. The van der Waals surface area contributed by atoms with E-state index in [-0.39, 0.29) is 4.47 Å². The highest BCUT2D eigenvalue weighted by Gasteiger charge is 2.73. The van der Waals surface area contributed by atoms with Crippen LogP contribution in [0, 0.1) is 5.82 Å². The summed E-state index contributed by atoms with van der Waals surface area (Å²) in [6.07, 6.45) is -6.44. The molecule has 0 fully saturated rings. The first-order chi connectivity index (χ1) is 8.38. The highest BCUT2D eigenvalue weighted by molar-refractivity contribution is 9.10. The third-order valence-electron chi connectivity index (χ3n) is 1.85. The quantitative estimate of drug-likeness (QED) is 0.499. The average Bonchev–Trinajstić information content (AvgIpc) is 2.21. The van der Waals surface area contributed by atoms with Crippen molar-refractivity contribution < 1.29 is 35.1 Å². The Morgan fingerprint density at radius 2 is 1.47 bits per heavy atom. The van der Waals surface area contributed by atoms with Crippen LogP contribution in [0.1, 0.15) is 0 Å². The molecule has 0 spiro atoms. The van der Waals surface area contributed by atoms with Gasteiger partial charge in [0.05, 0.1) is 4.90 Å². The van der Waals surface area contributed by atoms with Gasteiger partial charge in [-0.05, 0) is 30.0 Å². The molecule has 0 amide bonds. The molecule has 1 aromatic carbocycles. The zero-order valence-electron chi connectivity index (χ0n) is 8.54. The summed E-state index contributed by atoms with van der Waals surface area (Å²) in [7, 11) is 0. The van der Waals surface area contributed by atoms with Gasteiger partial charge in [-0.15, -0.1) is 0 Å². The molecule has 0 radical (unpaired) electrons. The highest BCUT2D eigenvalue weighted by atomic mass is 79.9. The van der Waals surface area contributed by atoms with E-state index < -0.39 is 39.8 Å². The van der Waals surface area contributed by atoms with Crippen molar-refractivity contribution >= 4 is 27.7 Å². The van der Waals surface area contributed by atoms with Crippen LogP contribution in [0.3, 0.4) is 0 Å². The van der Waals surface area contributed by atoms with Gasteiger partial charge in [0.2, 0.25) is 0 Å². The highest BCUT2D eigenvalue weighted by Crippen LogP contribution is 2.54. The Morgan fingerprint density at radius 3 is 1.95 bits per heavy atom. The molecule has 0 aliphatic heterocycles. The normalized spacial score (nSPS) is 13.7. The Hall–Kier alpha value is -0.510. The monoisotopic (exact) mass is 374 g/mol. The molecule has 10 heteroatoms. The molecule has 0 aliphatic carbocycles. The summed E-state index contributed by atoms with van der Waals surface area (Å²) in [6.45, 7) is 0. The summed E-state index contributed by atoms with van der Waals surface area (Å²) in [5.41, 5.74) is 0. The molecular weight excluding hydrogens is 372 g/mol. The number of rotatable bonds is 3. The number of alkyl halides is 7. The van der Waals surface area contributed by atoms with Crippen LogP contribution in [0.4, 0.5) is 35.1 Å². The maximum atomic E-state index is 13.1. The summed E-state index contributed by atoms with van der Waals surface area (Å²) in [5, 5.41) is -5.53. The van der Waals surface area contributed by atoms with E-state index in [2.05, 4.69) is 15.9 Å². The van der Waals surface area contributed by atoms with E-state index in [1.807, 2.05) is 0 Å². The van der Waals surface area contributed by atoms with E-state index in [0.717, 1.165) is 6.07 Å². The van der Waals surface area contributed by atoms with Gasteiger partial charge in [-0.1, -0.05) is 15.9 Å². The minimum Gasteiger partial charge on any atom is -0.206 e. The molecule has 19 heavy (non-hydrogen) atoms. The molecule has 0 unspecified atom stereocenters. The fourth-order valence-electron chi connectivity index (χ4n) is 0.923. The summed E-state index contributed by atoms with van der Waals surface area (Å²) in [4.78, 5) is -1.02. The molecule has 0 bridgehead atoms. The van der Waals surface area contributed by atoms with Gasteiger partial charge in [0, 0.05) is 4.47 Å². The molecule has 1 rings (SSSR count). The van der Waals surface area contributed by atoms with Gasteiger partial charge < -0.3 is 0 Å². The van der Waals surface area contributed by atoms with E-state index in [1.165, 1.54) is 0 Å². The SMILES string of the molecule is Fc1ccc(Br)cc1SC(F)(F)C(F)(F)C(F)(F)F. The van der Waals surface area contributed by atoms with Gasteiger partial charge in [-0.2, -0.15) is 30.7 Å². The van der Waals surface area contributed by atoms with Crippen molar-refractivity contribution in [2.75, 3.05) is 0 Å². The van der Waals surface area contributed by atoms with Gasteiger partial charge in [0.25, 0.3) is 0 Å². The fraction of sp³-hybridized carbons (Fsp3) is 0.333. The van der Waals surface area contributed by atoms with E-state index in [1.54, 1.807) is 0 Å². The fourth-order valence-corrected chi connectivity index (χ4v) is 2.31. The predicted octanol–water partition coefficient (Wildman–Crippen LogP) is 5.47. The molecule has 0 saturated carbocycles. The maximum Gasteiger partial charge on any atom is 0.460 e. The van der Waals surface area contributed by atoms with Gasteiger partial charge in [0.1, 0.15) is 5.82 Å². The van der Waals surface area contributed by atoms with Crippen molar-refractivity contribution in [1.82, 2.24) is 0 Å². The molecule has 0 N–H and O–H groups in total. The second kappa shape index (κ2) is 5.12. The van der Waals surface area contributed by atoms with Crippen LogP contribution in [0.5, 0.6) is 0 Å². The molecule has 0 saturated heterocycles. The first-order valence-corrected chi connectivity index (χ1v) is 5.96. The van der Waals surface area contributed by atoms with E-state index in [4.69, 9.17) is 0 Å². The summed E-state index contributed by atoms with van der Waals surface area (Å²) in [5.74, 6) is -7.61. The van der Waals surface area contributed by atoms with Crippen LogP contribution in [0.2, 0.25) is 0 Å². The lowest BCUT2D eigenvalue weighted by Gasteiger charge is -2.27. The second-order valence-corrected chi connectivity index (χ2v) is 5.34. The molecule has 108 valence electrons. The molecule has 1 aromatic rings. The van der Waals surface area contributed by atoms with Crippen LogP contribution in [0.15, 0.2) is 27.6 Å². The van der Waals surface area contributed by atoms with Gasteiger partial charge in [-0.25, -0.2) is 4.39 Å². The van der Waals surface area contributed by atoms with Crippen LogP contribution < -0.4 is 0 Å². The Kier molecular flexibility index (Phi) is 4.45. The minimum atomic E-state index is -6.44. The van der Waals surface area contributed by atoms with Crippen molar-refractivity contribution in [2.45, 2.75) is 22.2 Å². The van der Waals surface area contributed by atoms with Gasteiger partial charge >= 0.3 is 17.4 Å². The Labute approximate surface area is 114 Å². The van der Waals surface area contributed by atoms with Crippen LogP contribution in [-0.2, 0) is 0 Å². The molecule has 0 heterocycles. The average molecular weight is 375 g/mol. The van der Waals surface area contributed by atoms with Crippen LogP contribution in [-0.4, -0.2) is 17.4 Å². The van der Waals surface area contributed by atoms with Crippen molar-refractivity contribution in [3.8, 4) is 0 Å². The largest absolute Gasteiger partial charge is 0.460 e. The van der Waals surface area contributed by atoms with Crippen LogP contribution >= 0.6 is 27.7 Å². The first-order valence-electron chi connectivity index (χ1n) is 4.35. The number of halogens is 9. The zero-order valence-corrected chi connectivity index (χ0v) is 10.9. The van der Waals surface area contributed by atoms with Crippen molar-refractivity contribution in [3.05, 3.63) is 28.5 Å². The standard InChI is InChI=1S/C9H3BrF8S/c10-4-1-2-5(11)6(3-4)19-9(17,18)7(12,13)8(14,15)16/h1-3H. The molecular formula is C9H3BrF8S. The number of thioether (sulfide) groups is 1. The number of hydrogen-bond acceptors (Lipinski definition) is 1. The van der Waals surface area contributed by atoms with Crippen molar-refractivity contribution in [1.29, 1.82) is 0 Å². The maximum absolute atomic E-state index is 13.1. The predicted molar refractivity (Wildman–Crippen MR) is 55.9 cm³/mol. The Bertz CT molecular complexity index is 470. The number of benzene rings is 1. The third-order valence-corrected chi connectivity index (χ3v) is 3.39. The number of hydrogen-bond donors (Lipinski definition) is 0. The smallest absolute Gasteiger partial charge is 0.206 e. The lowest BCUT2D eigenvalue weighted by molar-refractivity contribution is -0.330. The lowest BCUT2D eigenvalue weighted by atomic mass is 10.3. The molecule has 0 aliphatic rings. The lowest BCUT2D eigenvalue weighted by Crippen LogP contribution is -2.50. The summed E-state index contributed by atoms with van der Waals surface area (Å²) >= 11 is 1.57. The van der Waals surface area contributed by atoms with Crippen LogP contribution in [0.25, 0.3) is 0 Å². The summed E-state index contributed by atoms with van der Waals surface area (Å²) in [6, 6.07) is 2.42. The topological polar surface area (TPSA) is 0 Å². The molecule has 0 nitrogen and oxygen atoms in total.